The molecule has 2 saturated heterocycles. The molecule has 3 heterocycles. The predicted octanol–water partition coefficient (Wildman–Crippen LogP) is 1.67. The first-order valence-electron chi connectivity index (χ1n) is 10.7. The van der Waals surface area contributed by atoms with Crippen molar-refractivity contribution in [3.05, 3.63) is 35.8 Å². The van der Waals surface area contributed by atoms with Gasteiger partial charge in [0, 0.05) is 51.0 Å². The summed E-state index contributed by atoms with van der Waals surface area (Å²) >= 11 is 0. The van der Waals surface area contributed by atoms with Gasteiger partial charge in [0.15, 0.2) is 11.6 Å². The number of morpholine rings is 1. The van der Waals surface area contributed by atoms with E-state index in [4.69, 9.17) is 14.5 Å². The molecular weight excluding hydrogens is 437 g/mol. The molecule has 0 amide bonds. The van der Waals surface area contributed by atoms with Crippen LogP contribution in [0, 0.1) is 12.7 Å². The Labute approximate surface area is 187 Å². The van der Waals surface area contributed by atoms with Gasteiger partial charge in [-0.05, 0) is 32.0 Å². The minimum atomic E-state index is -3.81. The summed E-state index contributed by atoms with van der Waals surface area (Å²) in [5, 5.41) is 0. The number of aryl methyl sites for hydroxylation is 1. The number of rotatable bonds is 6. The van der Waals surface area contributed by atoms with Crippen LogP contribution in [-0.4, -0.2) is 81.8 Å². The monoisotopic (exact) mass is 465 g/mol. The van der Waals surface area contributed by atoms with Gasteiger partial charge in [-0.3, -0.25) is 0 Å². The lowest BCUT2D eigenvalue weighted by Crippen LogP contribution is -2.49. The number of anilines is 2. The van der Waals surface area contributed by atoms with E-state index in [-0.39, 0.29) is 23.7 Å². The summed E-state index contributed by atoms with van der Waals surface area (Å²) in [5.41, 5.74) is 0.858. The third kappa shape index (κ3) is 4.79. The number of sulfonamides is 1. The molecule has 1 aromatic carbocycles. The Morgan fingerprint density at radius 3 is 2.41 bits per heavy atom. The molecular formula is C21H28FN5O4S. The van der Waals surface area contributed by atoms with Gasteiger partial charge >= 0.3 is 0 Å². The van der Waals surface area contributed by atoms with Crippen LogP contribution in [0.5, 0.6) is 5.75 Å². The lowest BCUT2D eigenvalue weighted by atomic mass is 10.3. The van der Waals surface area contributed by atoms with Crippen LogP contribution in [0.2, 0.25) is 0 Å². The highest BCUT2D eigenvalue weighted by Gasteiger charge is 2.30. The number of hydrogen-bond donors (Lipinski definition) is 0. The highest BCUT2D eigenvalue weighted by atomic mass is 32.2. The van der Waals surface area contributed by atoms with Gasteiger partial charge in [-0.1, -0.05) is 0 Å². The van der Waals surface area contributed by atoms with E-state index in [0.29, 0.717) is 38.9 Å². The molecule has 9 nitrogen and oxygen atoms in total. The number of aromatic nitrogens is 2. The van der Waals surface area contributed by atoms with Crippen molar-refractivity contribution < 1.29 is 22.3 Å². The number of nitrogens with zero attached hydrogens (tertiary/aromatic N) is 5. The van der Waals surface area contributed by atoms with Crippen molar-refractivity contribution in [3.63, 3.8) is 0 Å². The van der Waals surface area contributed by atoms with Gasteiger partial charge in [0.1, 0.15) is 5.82 Å². The largest absolute Gasteiger partial charge is 0.491 e. The summed E-state index contributed by atoms with van der Waals surface area (Å²) < 4.78 is 52.2. The van der Waals surface area contributed by atoms with Crippen molar-refractivity contribution in [1.82, 2.24) is 14.3 Å². The fourth-order valence-corrected chi connectivity index (χ4v) is 5.26. The molecule has 0 bridgehead atoms. The molecule has 0 N–H and O–H groups in total. The average Bonchev–Trinajstić information content (AvgIpc) is 2.81. The van der Waals surface area contributed by atoms with E-state index >= 15 is 0 Å². The molecule has 0 saturated carbocycles. The quantitative estimate of drug-likeness (QED) is 0.637. The molecule has 4 rings (SSSR count). The van der Waals surface area contributed by atoms with Gasteiger partial charge in [0.2, 0.25) is 16.0 Å². The van der Waals surface area contributed by atoms with E-state index < -0.39 is 15.8 Å². The van der Waals surface area contributed by atoms with Crippen molar-refractivity contribution in [3.8, 4) is 5.75 Å². The normalized spacial score (nSPS) is 18.1. The first-order valence-corrected chi connectivity index (χ1v) is 12.2. The van der Waals surface area contributed by atoms with Crippen LogP contribution in [0.4, 0.5) is 16.2 Å². The number of benzene rings is 1. The summed E-state index contributed by atoms with van der Waals surface area (Å²) in [4.78, 5) is 13.4. The fourth-order valence-electron chi connectivity index (χ4n) is 3.82. The number of hydrogen-bond acceptors (Lipinski definition) is 8. The number of halogens is 1. The van der Waals surface area contributed by atoms with Crippen molar-refractivity contribution in [2.45, 2.75) is 18.7 Å². The van der Waals surface area contributed by atoms with Crippen molar-refractivity contribution >= 4 is 21.8 Å². The SMILES string of the molecule is CCOc1ccc(S(=O)(=O)N2CCN(c3nc(C)cc(N4CCOCC4)n3)CC2)cc1F. The van der Waals surface area contributed by atoms with E-state index in [2.05, 4.69) is 9.88 Å². The Balaban J connectivity index is 1.46. The zero-order chi connectivity index (χ0) is 22.7. The van der Waals surface area contributed by atoms with Gasteiger partial charge in [-0.2, -0.15) is 9.29 Å². The maximum atomic E-state index is 14.2. The van der Waals surface area contributed by atoms with Crippen molar-refractivity contribution in [2.24, 2.45) is 0 Å². The van der Waals surface area contributed by atoms with Crippen LogP contribution >= 0.6 is 0 Å². The van der Waals surface area contributed by atoms with E-state index in [9.17, 15) is 12.8 Å². The summed E-state index contributed by atoms with van der Waals surface area (Å²) in [6.45, 7) is 8.29. The van der Waals surface area contributed by atoms with Gasteiger partial charge in [0.05, 0.1) is 24.7 Å². The minimum absolute atomic E-state index is 0.0453. The highest BCUT2D eigenvalue weighted by molar-refractivity contribution is 7.89. The second-order valence-corrected chi connectivity index (χ2v) is 9.62. The molecule has 2 aliphatic heterocycles. The molecule has 11 heteroatoms. The molecule has 174 valence electrons. The summed E-state index contributed by atoms with van der Waals surface area (Å²) in [7, 11) is -3.81. The lowest BCUT2D eigenvalue weighted by molar-refractivity contribution is 0.122. The van der Waals surface area contributed by atoms with Crippen molar-refractivity contribution in [2.75, 3.05) is 68.9 Å². The Hall–Kier alpha value is -2.50. The first kappa shape index (κ1) is 22.7. The van der Waals surface area contributed by atoms with Crippen LogP contribution in [0.3, 0.4) is 0 Å². The lowest BCUT2D eigenvalue weighted by Gasteiger charge is -2.35. The van der Waals surface area contributed by atoms with Crippen LogP contribution in [0.25, 0.3) is 0 Å². The summed E-state index contributed by atoms with van der Waals surface area (Å²) in [6.07, 6.45) is 0. The second-order valence-electron chi connectivity index (χ2n) is 7.68. The average molecular weight is 466 g/mol. The zero-order valence-electron chi connectivity index (χ0n) is 18.3. The zero-order valence-corrected chi connectivity index (χ0v) is 19.1. The predicted molar refractivity (Wildman–Crippen MR) is 118 cm³/mol. The van der Waals surface area contributed by atoms with Crippen LogP contribution in [0.15, 0.2) is 29.2 Å². The number of piperazine rings is 1. The molecule has 0 radical (unpaired) electrons. The summed E-state index contributed by atoms with van der Waals surface area (Å²) in [6, 6.07) is 5.71. The van der Waals surface area contributed by atoms with Crippen LogP contribution in [-0.2, 0) is 14.8 Å². The van der Waals surface area contributed by atoms with E-state index in [1.54, 1.807) is 6.92 Å². The molecule has 0 unspecified atom stereocenters. The molecule has 2 aromatic rings. The Kier molecular flexibility index (Phi) is 6.77. The van der Waals surface area contributed by atoms with Crippen molar-refractivity contribution in [1.29, 1.82) is 0 Å². The standard InChI is InChI=1S/C21H28FN5O4S/c1-3-31-19-5-4-17(15-18(19)22)32(28,29)27-8-6-26(7-9-27)21-23-16(2)14-20(24-21)25-10-12-30-13-11-25/h4-5,14-15H,3,6-13H2,1-2H3. The second kappa shape index (κ2) is 9.55. The molecule has 0 atom stereocenters. The number of ether oxygens (including phenoxy) is 2. The van der Waals surface area contributed by atoms with Crippen LogP contribution in [0.1, 0.15) is 12.6 Å². The van der Waals surface area contributed by atoms with Gasteiger partial charge < -0.3 is 19.3 Å². The molecule has 2 aliphatic rings. The Bertz CT molecular complexity index is 1050. The smallest absolute Gasteiger partial charge is 0.243 e. The first-order chi connectivity index (χ1) is 15.4. The Morgan fingerprint density at radius 2 is 1.75 bits per heavy atom. The highest BCUT2D eigenvalue weighted by Crippen LogP contribution is 2.25. The molecule has 1 aromatic heterocycles. The molecule has 0 spiro atoms. The maximum absolute atomic E-state index is 14.2. The molecule has 0 aliphatic carbocycles. The maximum Gasteiger partial charge on any atom is 0.243 e. The molecule has 2 fully saturated rings. The van der Waals surface area contributed by atoms with Gasteiger partial charge in [-0.25, -0.2) is 17.8 Å². The molecule has 32 heavy (non-hydrogen) atoms. The van der Waals surface area contributed by atoms with E-state index in [1.807, 2.05) is 17.9 Å². The minimum Gasteiger partial charge on any atom is -0.491 e. The van der Waals surface area contributed by atoms with Gasteiger partial charge in [-0.15, -0.1) is 0 Å². The van der Waals surface area contributed by atoms with E-state index in [0.717, 1.165) is 30.7 Å². The van der Waals surface area contributed by atoms with E-state index in [1.165, 1.54) is 16.4 Å². The third-order valence-electron chi connectivity index (χ3n) is 5.53. The fraction of sp³-hybridized carbons (Fsp3) is 0.524. The third-order valence-corrected chi connectivity index (χ3v) is 7.42. The van der Waals surface area contributed by atoms with Gasteiger partial charge in [0.25, 0.3) is 0 Å². The summed E-state index contributed by atoms with van der Waals surface area (Å²) in [5.74, 6) is 0.811. The van der Waals surface area contributed by atoms with Crippen LogP contribution < -0.4 is 14.5 Å². The topological polar surface area (TPSA) is 88.1 Å². The Morgan fingerprint density at radius 1 is 1.03 bits per heavy atom.